The lowest BCUT2D eigenvalue weighted by Gasteiger charge is -2.25. The number of nitrogens with zero attached hydrogens (tertiary/aromatic N) is 2. The maximum Gasteiger partial charge on any atom is 0.339 e. The van der Waals surface area contributed by atoms with Crippen LogP contribution in [0, 0.1) is 5.92 Å². The smallest absolute Gasteiger partial charge is 0.339 e. The fourth-order valence-electron chi connectivity index (χ4n) is 3.46. The lowest BCUT2D eigenvalue weighted by atomic mass is 10.1. The number of para-hydroxylation sites is 1. The lowest BCUT2D eigenvalue weighted by Crippen LogP contribution is -2.36. The van der Waals surface area contributed by atoms with E-state index in [1.165, 1.54) is 24.3 Å². The van der Waals surface area contributed by atoms with E-state index < -0.39 is 21.7 Å². The Hall–Kier alpha value is -3.98. The summed E-state index contributed by atoms with van der Waals surface area (Å²) in [5.74, 6) is -0.674. The van der Waals surface area contributed by atoms with Crippen molar-refractivity contribution in [3.63, 3.8) is 0 Å². The minimum atomic E-state index is -3.40. The fourth-order valence-corrected chi connectivity index (χ4v) is 4.76. The zero-order valence-corrected chi connectivity index (χ0v) is 19.1. The Kier molecular flexibility index (Phi) is 6.74. The van der Waals surface area contributed by atoms with E-state index in [4.69, 9.17) is 4.74 Å². The first-order valence-electron chi connectivity index (χ1n) is 10.4. The molecule has 0 N–H and O–H groups in total. The molecule has 1 unspecified atom stereocenters. The molecular formula is C25H22N2O6S. The molecule has 2 aromatic carbocycles. The molecule has 0 radical (unpaired) electrons. The number of sulfone groups is 1. The van der Waals surface area contributed by atoms with E-state index in [9.17, 15) is 18.0 Å². The van der Waals surface area contributed by atoms with Crippen LogP contribution in [0.5, 0.6) is 11.5 Å². The number of anilines is 1. The van der Waals surface area contributed by atoms with Crippen LogP contribution in [0.4, 0.5) is 5.69 Å². The number of carbonyl (C=O) groups is 2. The van der Waals surface area contributed by atoms with Crippen LogP contribution < -0.4 is 9.64 Å². The quantitative estimate of drug-likeness (QED) is 0.477. The van der Waals surface area contributed by atoms with Crippen molar-refractivity contribution in [1.82, 2.24) is 4.98 Å². The van der Waals surface area contributed by atoms with Crippen LogP contribution in [-0.4, -0.2) is 38.1 Å². The number of ether oxygens (including phenoxy) is 2. The van der Waals surface area contributed by atoms with Gasteiger partial charge < -0.3 is 14.4 Å². The molecule has 2 heterocycles. The fraction of sp³-hybridized carbons (Fsp3) is 0.160. The minimum Gasteiger partial charge on any atom is -0.465 e. The van der Waals surface area contributed by atoms with Gasteiger partial charge in [0.15, 0.2) is 9.84 Å². The number of esters is 1. The van der Waals surface area contributed by atoms with Crippen molar-refractivity contribution in [2.45, 2.75) is 6.54 Å². The molecule has 0 fully saturated rings. The zero-order chi connectivity index (χ0) is 24.1. The van der Waals surface area contributed by atoms with Crippen LogP contribution in [0.25, 0.3) is 0 Å². The van der Waals surface area contributed by atoms with E-state index in [1.54, 1.807) is 36.4 Å². The summed E-state index contributed by atoms with van der Waals surface area (Å²) in [6.07, 6.45) is 2.78. The Balaban J connectivity index is 1.59. The minimum absolute atomic E-state index is 0.0869. The molecule has 0 bridgehead atoms. The van der Waals surface area contributed by atoms with Crippen molar-refractivity contribution in [3.05, 3.63) is 95.7 Å². The van der Waals surface area contributed by atoms with E-state index in [-0.39, 0.29) is 23.8 Å². The van der Waals surface area contributed by atoms with E-state index in [2.05, 4.69) is 9.72 Å². The van der Waals surface area contributed by atoms with Crippen LogP contribution >= 0.6 is 0 Å². The molecule has 0 saturated heterocycles. The zero-order valence-electron chi connectivity index (χ0n) is 18.3. The second kappa shape index (κ2) is 9.88. The van der Waals surface area contributed by atoms with E-state index in [0.717, 1.165) is 5.41 Å². The number of hydrogen-bond acceptors (Lipinski definition) is 7. The van der Waals surface area contributed by atoms with Crippen molar-refractivity contribution in [2.24, 2.45) is 5.92 Å². The molecule has 1 amide bonds. The molecule has 0 aliphatic carbocycles. The van der Waals surface area contributed by atoms with Crippen molar-refractivity contribution in [1.29, 1.82) is 0 Å². The molecule has 1 atom stereocenters. The summed E-state index contributed by atoms with van der Waals surface area (Å²) in [6, 6.07) is 19.4. The molecule has 1 aliphatic heterocycles. The molecule has 9 heteroatoms. The van der Waals surface area contributed by atoms with Crippen LogP contribution in [0.15, 0.2) is 84.4 Å². The summed E-state index contributed by atoms with van der Waals surface area (Å²) in [5.41, 5.74) is 1.37. The van der Waals surface area contributed by atoms with Gasteiger partial charge in [-0.3, -0.25) is 9.78 Å². The van der Waals surface area contributed by atoms with Crippen LogP contribution in [0.2, 0.25) is 0 Å². The first kappa shape index (κ1) is 23.2. The molecule has 1 aromatic heterocycles. The molecule has 0 spiro atoms. The first-order chi connectivity index (χ1) is 16.3. The largest absolute Gasteiger partial charge is 0.465 e. The highest BCUT2D eigenvalue weighted by molar-refractivity contribution is 7.94. The second-order valence-electron chi connectivity index (χ2n) is 7.63. The van der Waals surface area contributed by atoms with Gasteiger partial charge in [-0.2, -0.15) is 0 Å². The van der Waals surface area contributed by atoms with Gasteiger partial charge in [0, 0.05) is 17.3 Å². The summed E-state index contributed by atoms with van der Waals surface area (Å²) < 4.78 is 34.3. The molecule has 3 aromatic rings. The normalized spacial score (nSPS) is 16.1. The summed E-state index contributed by atoms with van der Waals surface area (Å²) in [6.45, 7) is 0.0869. The molecular weight excluding hydrogens is 456 g/mol. The number of pyridine rings is 1. The van der Waals surface area contributed by atoms with Crippen LogP contribution in [0.3, 0.4) is 0 Å². The summed E-state index contributed by atoms with van der Waals surface area (Å²) >= 11 is 0. The van der Waals surface area contributed by atoms with E-state index in [1.807, 2.05) is 30.3 Å². The van der Waals surface area contributed by atoms with Crippen molar-refractivity contribution in [3.8, 4) is 11.5 Å². The Morgan fingerprint density at radius 1 is 1.00 bits per heavy atom. The summed E-state index contributed by atoms with van der Waals surface area (Å²) in [4.78, 5) is 30.7. The Bertz CT molecular complexity index is 1300. The SMILES string of the molecule is COC(=O)c1ccc(CN(C(=O)C2C=CS(=O)(=O)C2)c2ccc(Oc3ccccc3)cc2)nc1. The van der Waals surface area contributed by atoms with Gasteiger partial charge in [0.2, 0.25) is 5.91 Å². The number of rotatable bonds is 7. The third-order valence-corrected chi connectivity index (χ3v) is 6.60. The third kappa shape index (κ3) is 5.49. The van der Waals surface area contributed by atoms with Crippen molar-refractivity contribution in [2.75, 3.05) is 17.8 Å². The van der Waals surface area contributed by atoms with Gasteiger partial charge in [0.05, 0.1) is 36.6 Å². The van der Waals surface area contributed by atoms with Crippen LogP contribution in [-0.2, 0) is 25.9 Å². The monoisotopic (exact) mass is 478 g/mol. The van der Waals surface area contributed by atoms with Gasteiger partial charge in [0.25, 0.3) is 0 Å². The van der Waals surface area contributed by atoms with Gasteiger partial charge in [-0.05, 0) is 48.5 Å². The molecule has 34 heavy (non-hydrogen) atoms. The average Bonchev–Trinajstić information content (AvgIpc) is 3.23. The highest BCUT2D eigenvalue weighted by Gasteiger charge is 2.32. The number of benzene rings is 2. The topological polar surface area (TPSA) is 103 Å². The lowest BCUT2D eigenvalue weighted by molar-refractivity contribution is -0.120. The number of hydrogen-bond donors (Lipinski definition) is 0. The molecule has 0 saturated carbocycles. The Morgan fingerprint density at radius 3 is 2.29 bits per heavy atom. The van der Waals surface area contributed by atoms with Crippen molar-refractivity contribution >= 4 is 27.4 Å². The molecule has 174 valence electrons. The highest BCUT2D eigenvalue weighted by Crippen LogP contribution is 2.28. The number of carbonyl (C=O) groups excluding carboxylic acids is 2. The summed E-state index contributed by atoms with van der Waals surface area (Å²) in [5, 5.41) is 1.08. The van der Waals surface area contributed by atoms with E-state index in [0.29, 0.717) is 22.9 Å². The first-order valence-corrected chi connectivity index (χ1v) is 12.1. The highest BCUT2D eigenvalue weighted by atomic mass is 32.2. The molecule has 8 nitrogen and oxygen atoms in total. The third-order valence-electron chi connectivity index (χ3n) is 5.21. The van der Waals surface area contributed by atoms with Gasteiger partial charge in [0.1, 0.15) is 11.5 Å². The maximum absolute atomic E-state index is 13.3. The summed E-state index contributed by atoms with van der Waals surface area (Å²) in [7, 11) is -2.12. The van der Waals surface area contributed by atoms with Crippen molar-refractivity contribution < 1.29 is 27.5 Å². The number of aromatic nitrogens is 1. The number of amides is 1. The van der Waals surface area contributed by atoms with Crippen LogP contribution in [0.1, 0.15) is 16.1 Å². The number of methoxy groups -OCH3 is 1. The second-order valence-corrected chi connectivity index (χ2v) is 9.56. The van der Waals surface area contributed by atoms with Gasteiger partial charge in [-0.15, -0.1) is 0 Å². The predicted octanol–water partition coefficient (Wildman–Crippen LogP) is 3.75. The Labute approximate surface area is 197 Å². The maximum atomic E-state index is 13.3. The Morgan fingerprint density at radius 2 is 1.71 bits per heavy atom. The van der Waals surface area contributed by atoms with Gasteiger partial charge in [-0.1, -0.05) is 24.3 Å². The van der Waals surface area contributed by atoms with Gasteiger partial charge in [-0.25, -0.2) is 13.2 Å². The van der Waals surface area contributed by atoms with Gasteiger partial charge >= 0.3 is 5.97 Å². The molecule has 4 rings (SSSR count). The predicted molar refractivity (Wildman–Crippen MR) is 126 cm³/mol. The standard InChI is InChI=1S/C25H22N2O6S/c1-32-25(29)18-7-8-20(26-15-18)16-27(24(28)19-13-14-34(30,31)17-19)21-9-11-23(12-10-21)33-22-5-3-2-4-6-22/h2-15,19H,16-17H2,1H3. The van der Waals surface area contributed by atoms with E-state index >= 15 is 0 Å². The average molecular weight is 479 g/mol. The molecule has 1 aliphatic rings.